The summed E-state index contributed by atoms with van der Waals surface area (Å²) in [6, 6.07) is 13.2. The number of aromatic nitrogens is 2. The van der Waals surface area contributed by atoms with Gasteiger partial charge in [-0.1, -0.05) is 30.3 Å². The molecule has 27 heavy (non-hydrogen) atoms. The molecular weight excluding hydrogens is 338 g/mol. The highest BCUT2D eigenvalue weighted by Crippen LogP contribution is 2.22. The third kappa shape index (κ3) is 5.65. The fourth-order valence-electron chi connectivity index (χ4n) is 3.57. The number of ether oxygens (including phenoxy) is 1. The largest absolute Gasteiger partial charge is 0.481 e. The van der Waals surface area contributed by atoms with Gasteiger partial charge in [-0.3, -0.25) is 4.90 Å². The number of benzene rings is 1. The number of piperidine rings is 1. The van der Waals surface area contributed by atoms with E-state index in [1.165, 1.54) is 5.56 Å². The van der Waals surface area contributed by atoms with Gasteiger partial charge in [-0.25, -0.2) is 4.98 Å². The van der Waals surface area contributed by atoms with Crippen LogP contribution in [-0.4, -0.2) is 73.2 Å². The molecule has 0 aliphatic carbocycles. The van der Waals surface area contributed by atoms with Gasteiger partial charge in [-0.2, -0.15) is 4.98 Å². The van der Waals surface area contributed by atoms with Gasteiger partial charge in [0.1, 0.15) is 0 Å². The van der Waals surface area contributed by atoms with Crippen molar-refractivity contribution in [2.75, 3.05) is 52.3 Å². The lowest BCUT2D eigenvalue weighted by Gasteiger charge is -2.39. The predicted octanol–water partition coefficient (Wildman–Crippen LogP) is 2.52. The average molecular weight is 370 g/mol. The first kappa shape index (κ1) is 19.6. The van der Waals surface area contributed by atoms with E-state index in [1.54, 1.807) is 19.4 Å². The van der Waals surface area contributed by atoms with Gasteiger partial charge < -0.3 is 14.5 Å². The molecular formula is C21H31N5O. The van der Waals surface area contributed by atoms with Crippen LogP contribution in [0.15, 0.2) is 42.6 Å². The van der Waals surface area contributed by atoms with Gasteiger partial charge in [0.2, 0.25) is 11.8 Å². The van der Waals surface area contributed by atoms with E-state index in [0.29, 0.717) is 11.9 Å². The smallest absolute Gasteiger partial charge is 0.228 e. The molecule has 1 aliphatic rings. The summed E-state index contributed by atoms with van der Waals surface area (Å²) in [5.41, 5.74) is 1.38. The predicted molar refractivity (Wildman–Crippen MR) is 109 cm³/mol. The van der Waals surface area contributed by atoms with Gasteiger partial charge in [0.05, 0.1) is 7.11 Å². The zero-order valence-corrected chi connectivity index (χ0v) is 16.7. The monoisotopic (exact) mass is 369 g/mol. The molecule has 0 saturated carbocycles. The number of hydrogen-bond donors (Lipinski definition) is 0. The fourth-order valence-corrected chi connectivity index (χ4v) is 3.57. The van der Waals surface area contributed by atoms with Crippen molar-refractivity contribution in [1.82, 2.24) is 19.8 Å². The zero-order chi connectivity index (χ0) is 19.1. The zero-order valence-electron chi connectivity index (χ0n) is 16.7. The molecule has 0 unspecified atom stereocenters. The maximum absolute atomic E-state index is 5.24. The lowest BCUT2D eigenvalue weighted by atomic mass is 10.0. The van der Waals surface area contributed by atoms with Gasteiger partial charge in [-0.15, -0.1) is 0 Å². The van der Waals surface area contributed by atoms with Crippen LogP contribution in [0.1, 0.15) is 18.4 Å². The van der Waals surface area contributed by atoms with E-state index in [1.807, 2.05) is 0 Å². The number of methoxy groups -OCH3 is 1. The molecule has 0 bridgehead atoms. The highest BCUT2D eigenvalue weighted by atomic mass is 16.5. The topological polar surface area (TPSA) is 44.7 Å². The molecule has 1 aliphatic heterocycles. The van der Waals surface area contributed by atoms with Gasteiger partial charge >= 0.3 is 0 Å². The summed E-state index contributed by atoms with van der Waals surface area (Å²) >= 11 is 0. The minimum Gasteiger partial charge on any atom is -0.481 e. The van der Waals surface area contributed by atoms with Crippen LogP contribution in [0.2, 0.25) is 0 Å². The van der Waals surface area contributed by atoms with E-state index in [2.05, 4.69) is 69.1 Å². The number of nitrogens with zero attached hydrogens (tertiary/aromatic N) is 5. The lowest BCUT2D eigenvalue weighted by Crippen LogP contribution is -2.46. The molecule has 0 radical (unpaired) electrons. The summed E-state index contributed by atoms with van der Waals surface area (Å²) in [5, 5.41) is 0. The second-order valence-corrected chi connectivity index (χ2v) is 7.38. The Morgan fingerprint density at radius 2 is 1.81 bits per heavy atom. The van der Waals surface area contributed by atoms with E-state index in [-0.39, 0.29) is 0 Å². The number of hydrogen-bond acceptors (Lipinski definition) is 6. The summed E-state index contributed by atoms with van der Waals surface area (Å²) in [4.78, 5) is 16.1. The van der Waals surface area contributed by atoms with Crippen molar-refractivity contribution in [3.63, 3.8) is 0 Å². The minimum absolute atomic E-state index is 0.590. The molecule has 2 aromatic rings. The molecule has 1 fully saturated rings. The lowest BCUT2D eigenvalue weighted by molar-refractivity contribution is 0.147. The van der Waals surface area contributed by atoms with Crippen molar-refractivity contribution in [1.29, 1.82) is 0 Å². The van der Waals surface area contributed by atoms with Crippen LogP contribution in [0.5, 0.6) is 5.88 Å². The third-order valence-corrected chi connectivity index (χ3v) is 5.15. The van der Waals surface area contributed by atoms with Gasteiger partial charge in [-0.05, 0) is 32.5 Å². The van der Waals surface area contributed by atoms with Crippen LogP contribution >= 0.6 is 0 Å². The molecule has 6 heteroatoms. The second-order valence-electron chi connectivity index (χ2n) is 7.38. The molecule has 3 rings (SSSR count). The van der Waals surface area contributed by atoms with Crippen LogP contribution in [0.25, 0.3) is 0 Å². The first-order valence-corrected chi connectivity index (χ1v) is 9.70. The van der Waals surface area contributed by atoms with Crippen LogP contribution in [0, 0.1) is 0 Å². The minimum atomic E-state index is 0.590. The van der Waals surface area contributed by atoms with Crippen molar-refractivity contribution in [3.05, 3.63) is 48.2 Å². The Labute approximate surface area is 162 Å². The molecule has 0 spiro atoms. The summed E-state index contributed by atoms with van der Waals surface area (Å²) in [5.74, 6) is 1.40. The summed E-state index contributed by atoms with van der Waals surface area (Å²) in [6.45, 7) is 5.12. The summed E-state index contributed by atoms with van der Waals surface area (Å²) < 4.78 is 5.24. The molecule has 2 heterocycles. The third-order valence-electron chi connectivity index (χ3n) is 5.15. The van der Waals surface area contributed by atoms with Crippen molar-refractivity contribution in [2.24, 2.45) is 0 Å². The quantitative estimate of drug-likeness (QED) is 0.712. The van der Waals surface area contributed by atoms with E-state index in [4.69, 9.17) is 4.74 Å². The molecule has 0 N–H and O–H groups in total. The van der Waals surface area contributed by atoms with E-state index in [0.717, 1.165) is 51.5 Å². The number of likely N-dealkylation sites (N-methyl/N-ethyl adjacent to an activating group) is 1. The second kappa shape index (κ2) is 9.67. The van der Waals surface area contributed by atoms with Crippen LogP contribution in [0.3, 0.4) is 0 Å². The highest BCUT2D eigenvalue weighted by molar-refractivity contribution is 5.32. The van der Waals surface area contributed by atoms with E-state index < -0.39 is 0 Å². The molecule has 1 aromatic heterocycles. The van der Waals surface area contributed by atoms with Crippen LogP contribution in [0.4, 0.5) is 5.95 Å². The fraction of sp³-hybridized carbons (Fsp3) is 0.524. The molecule has 0 atom stereocenters. The maximum atomic E-state index is 5.24. The summed E-state index contributed by atoms with van der Waals surface area (Å²) in [6.07, 6.45) is 4.02. The normalized spacial score (nSPS) is 15.5. The van der Waals surface area contributed by atoms with Crippen molar-refractivity contribution in [2.45, 2.75) is 25.4 Å². The van der Waals surface area contributed by atoms with Crippen molar-refractivity contribution < 1.29 is 4.74 Å². The molecule has 0 amide bonds. The molecule has 6 nitrogen and oxygen atoms in total. The first-order chi connectivity index (χ1) is 13.2. The maximum Gasteiger partial charge on any atom is 0.228 e. The van der Waals surface area contributed by atoms with Gasteiger partial charge in [0.25, 0.3) is 0 Å². The average Bonchev–Trinajstić information content (AvgIpc) is 2.72. The van der Waals surface area contributed by atoms with E-state index in [9.17, 15) is 0 Å². The van der Waals surface area contributed by atoms with Gasteiger partial charge in [0, 0.05) is 51.0 Å². The standard InChI is InChI=1S/C21H31N5O/c1-24(2)15-16-26(17-18-7-5-4-6-8-18)19-10-13-25(14-11-19)21-22-12-9-20(23-21)27-3/h4-9,12,19H,10-11,13-17H2,1-3H3. The van der Waals surface area contributed by atoms with Crippen LogP contribution < -0.4 is 9.64 Å². The van der Waals surface area contributed by atoms with Gasteiger partial charge in [0.15, 0.2) is 0 Å². The van der Waals surface area contributed by atoms with E-state index >= 15 is 0 Å². The summed E-state index contributed by atoms with van der Waals surface area (Å²) in [7, 11) is 5.93. The Hall–Kier alpha value is -2.18. The van der Waals surface area contributed by atoms with Crippen molar-refractivity contribution in [3.8, 4) is 5.88 Å². The molecule has 1 aromatic carbocycles. The number of rotatable bonds is 8. The Balaban J connectivity index is 1.62. The van der Waals surface area contributed by atoms with Crippen LogP contribution in [-0.2, 0) is 6.54 Å². The SMILES string of the molecule is COc1ccnc(N2CCC(N(CCN(C)C)Cc3ccccc3)CC2)n1. The number of anilines is 1. The highest BCUT2D eigenvalue weighted by Gasteiger charge is 2.26. The Morgan fingerprint density at radius 3 is 2.48 bits per heavy atom. The Kier molecular flexibility index (Phi) is 7.01. The van der Waals surface area contributed by atoms with Crippen molar-refractivity contribution >= 4 is 5.95 Å². The first-order valence-electron chi connectivity index (χ1n) is 9.70. The Morgan fingerprint density at radius 1 is 1.07 bits per heavy atom. The molecule has 146 valence electrons. The molecule has 1 saturated heterocycles. The Bertz CT molecular complexity index is 686.